The first-order valence-electron chi connectivity index (χ1n) is 9.67. The molecule has 6 nitrogen and oxygen atoms in total. The van der Waals surface area contributed by atoms with Gasteiger partial charge in [0.1, 0.15) is 0 Å². The molecule has 0 heterocycles. The second-order valence-electron chi connectivity index (χ2n) is 6.95. The predicted octanol–water partition coefficient (Wildman–Crippen LogP) is 3.96. The summed E-state index contributed by atoms with van der Waals surface area (Å²) < 4.78 is 0. The fraction of sp³-hybridized carbons (Fsp3) is 0.261. The summed E-state index contributed by atoms with van der Waals surface area (Å²) in [4.78, 5) is 38.5. The van der Waals surface area contributed by atoms with Crippen LogP contribution in [0.15, 0.2) is 66.7 Å². The lowest BCUT2D eigenvalue weighted by Gasteiger charge is -2.24. The Morgan fingerprint density at radius 2 is 1.59 bits per heavy atom. The minimum Gasteiger partial charge on any atom is -0.481 e. The van der Waals surface area contributed by atoms with Crippen LogP contribution >= 0.6 is 0 Å². The van der Waals surface area contributed by atoms with Crippen molar-refractivity contribution in [2.24, 2.45) is 11.8 Å². The highest BCUT2D eigenvalue weighted by Crippen LogP contribution is 2.27. The molecule has 1 aliphatic carbocycles. The minimum absolute atomic E-state index is 0.125. The van der Waals surface area contributed by atoms with E-state index in [9.17, 15) is 19.5 Å². The standard InChI is InChI=1S/C23H24N2O4/c1-2-25(18-8-4-3-5-9-18)22(27)16-12-14-17(15-13-16)24-21(26)19-10-6-7-11-20(19)23(28)29/h3-9,12-15,19-20H,2,10-11H2,1H3,(H,24,26)(H,28,29). The van der Waals surface area contributed by atoms with Crippen LogP contribution in [-0.2, 0) is 9.59 Å². The Bertz CT molecular complexity index is 906. The van der Waals surface area contributed by atoms with E-state index in [1.807, 2.05) is 43.3 Å². The number of carbonyl (C=O) groups is 3. The van der Waals surface area contributed by atoms with Crippen molar-refractivity contribution in [3.8, 4) is 0 Å². The van der Waals surface area contributed by atoms with E-state index < -0.39 is 17.8 Å². The van der Waals surface area contributed by atoms with Gasteiger partial charge in [-0.2, -0.15) is 0 Å². The van der Waals surface area contributed by atoms with Crippen LogP contribution < -0.4 is 10.2 Å². The first-order chi connectivity index (χ1) is 14.0. The van der Waals surface area contributed by atoms with E-state index in [1.165, 1.54) is 0 Å². The molecule has 29 heavy (non-hydrogen) atoms. The molecule has 0 bridgehead atoms. The number of aliphatic carboxylic acids is 1. The SMILES string of the molecule is CCN(C(=O)c1ccc(NC(=O)C2CC=CCC2C(=O)O)cc1)c1ccccc1. The van der Waals surface area contributed by atoms with Crippen LogP contribution in [0.1, 0.15) is 30.1 Å². The van der Waals surface area contributed by atoms with Gasteiger partial charge in [-0.25, -0.2) is 0 Å². The van der Waals surface area contributed by atoms with Crippen LogP contribution in [-0.4, -0.2) is 29.4 Å². The Labute approximate surface area is 169 Å². The summed E-state index contributed by atoms with van der Waals surface area (Å²) in [5.74, 6) is -2.73. The summed E-state index contributed by atoms with van der Waals surface area (Å²) >= 11 is 0. The van der Waals surface area contributed by atoms with Crippen molar-refractivity contribution >= 4 is 29.2 Å². The molecule has 0 fully saturated rings. The fourth-order valence-corrected chi connectivity index (χ4v) is 3.52. The summed E-state index contributed by atoms with van der Waals surface area (Å²) in [5, 5.41) is 12.1. The molecule has 2 atom stereocenters. The van der Waals surface area contributed by atoms with Crippen molar-refractivity contribution in [2.75, 3.05) is 16.8 Å². The number of benzene rings is 2. The summed E-state index contributed by atoms with van der Waals surface area (Å²) in [5.41, 5.74) is 1.87. The van der Waals surface area contributed by atoms with Crippen molar-refractivity contribution in [2.45, 2.75) is 19.8 Å². The maximum atomic E-state index is 12.8. The first-order valence-corrected chi connectivity index (χ1v) is 9.67. The molecule has 2 unspecified atom stereocenters. The van der Waals surface area contributed by atoms with Crippen LogP contribution in [0.3, 0.4) is 0 Å². The number of amides is 2. The zero-order chi connectivity index (χ0) is 20.8. The number of nitrogens with one attached hydrogen (secondary N) is 1. The van der Waals surface area contributed by atoms with Crippen molar-refractivity contribution < 1.29 is 19.5 Å². The Morgan fingerprint density at radius 3 is 2.17 bits per heavy atom. The third-order valence-corrected chi connectivity index (χ3v) is 5.12. The average molecular weight is 392 g/mol. The predicted molar refractivity (Wildman–Crippen MR) is 112 cm³/mol. The van der Waals surface area contributed by atoms with Crippen molar-refractivity contribution in [3.63, 3.8) is 0 Å². The molecule has 2 N–H and O–H groups in total. The van der Waals surface area contributed by atoms with Crippen LogP contribution in [0, 0.1) is 11.8 Å². The Hall–Kier alpha value is -3.41. The maximum absolute atomic E-state index is 12.8. The minimum atomic E-state index is -0.962. The third kappa shape index (κ3) is 4.71. The number of anilines is 2. The van der Waals surface area contributed by atoms with E-state index in [0.717, 1.165) is 5.69 Å². The largest absolute Gasteiger partial charge is 0.481 e. The molecule has 0 spiro atoms. The monoisotopic (exact) mass is 392 g/mol. The number of carboxylic acid groups (broad SMARTS) is 1. The van der Waals surface area contributed by atoms with Crippen LogP contribution in [0.4, 0.5) is 11.4 Å². The van der Waals surface area contributed by atoms with Crippen LogP contribution in [0.25, 0.3) is 0 Å². The van der Waals surface area contributed by atoms with Gasteiger partial charge in [0.25, 0.3) is 5.91 Å². The number of hydrogen-bond acceptors (Lipinski definition) is 3. The molecule has 3 rings (SSSR count). The first kappa shape index (κ1) is 20.3. The highest BCUT2D eigenvalue weighted by Gasteiger charge is 2.33. The van der Waals surface area contributed by atoms with Crippen LogP contribution in [0.5, 0.6) is 0 Å². The number of allylic oxidation sites excluding steroid dienone is 2. The molecule has 0 saturated carbocycles. The van der Waals surface area contributed by atoms with Gasteiger partial charge in [-0.15, -0.1) is 0 Å². The van der Waals surface area contributed by atoms with E-state index in [-0.39, 0.29) is 11.8 Å². The quantitative estimate of drug-likeness (QED) is 0.729. The molecule has 0 aromatic heterocycles. The lowest BCUT2D eigenvalue weighted by atomic mass is 9.82. The second-order valence-corrected chi connectivity index (χ2v) is 6.95. The second kappa shape index (κ2) is 9.19. The van der Waals surface area contributed by atoms with Gasteiger partial charge in [0.2, 0.25) is 5.91 Å². The summed E-state index contributed by atoms with van der Waals surface area (Å²) in [6.45, 7) is 2.45. The molecule has 2 amide bonds. The molecule has 0 radical (unpaired) electrons. The smallest absolute Gasteiger partial charge is 0.307 e. The molecule has 0 aliphatic heterocycles. The fourth-order valence-electron chi connectivity index (χ4n) is 3.52. The molecular formula is C23H24N2O4. The summed E-state index contributed by atoms with van der Waals surface area (Å²) in [6.07, 6.45) is 4.40. The van der Waals surface area contributed by atoms with E-state index >= 15 is 0 Å². The highest BCUT2D eigenvalue weighted by molar-refractivity contribution is 6.06. The topological polar surface area (TPSA) is 86.7 Å². The molecule has 0 saturated heterocycles. The molecule has 2 aromatic rings. The Balaban J connectivity index is 1.70. The Morgan fingerprint density at radius 1 is 0.966 bits per heavy atom. The molecule has 1 aliphatic rings. The number of para-hydroxylation sites is 1. The number of nitrogens with zero attached hydrogens (tertiary/aromatic N) is 1. The van der Waals surface area contributed by atoms with Crippen molar-refractivity contribution in [1.82, 2.24) is 0 Å². The molecule has 2 aromatic carbocycles. The number of rotatable bonds is 6. The lowest BCUT2D eigenvalue weighted by Crippen LogP contribution is -2.34. The molecule has 150 valence electrons. The van der Waals surface area contributed by atoms with Crippen molar-refractivity contribution in [1.29, 1.82) is 0 Å². The van der Waals surface area contributed by atoms with Crippen molar-refractivity contribution in [3.05, 3.63) is 72.3 Å². The van der Waals surface area contributed by atoms with Gasteiger partial charge in [0.05, 0.1) is 11.8 Å². The summed E-state index contributed by atoms with van der Waals surface area (Å²) in [6, 6.07) is 16.1. The zero-order valence-corrected chi connectivity index (χ0v) is 16.2. The van der Waals surface area contributed by atoms with Crippen LogP contribution in [0.2, 0.25) is 0 Å². The van der Waals surface area contributed by atoms with Gasteiger partial charge in [-0.1, -0.05) is 30.4 Å². The number of carbonyl (C=O) groups excluding carboxylic acids is 2. The maximum Gasteiger partial charge on any atom is 0.307 e. The molecule has 6 heteroatoms. The number of carboxylic acids is 1. The third-order valence-electron chi connectivity index (χ3n) is 5.12. The average Bonchev–Trinajstić information content (AvgIpc) is 2.75. The van der Waals surface area contributed by atoms with Gasteiger partial charge >= 0.3 is 5.97 Å². The van der Waals surface area contributed by atoms with Gasteiger partial charge in [0.15, 0.2) is 0 Å². The number of hydrogen-bond donors (Lipinski definition) is 2. The van der Waals surface area contributed by atoms with Gasteiger partial charge in [0, 0.05) is 23.5 Å². The lowest BCUT2D eigenvalue weighted by molar-refractivity contribution is -0.146. The zero-order valence-electron chi connectivity index (χ0n) is 16.2. The van der Waals surface area contributed by atoms with E-state index in [1.54, 1.807) is 35.2 Å². The summed E-state index contributed by atoms with van der Waals surface area (Å²) in [7, 11) is 0. The van der Waals surface area contributed by atoms with E-state index in [2.05, 4.69) is 5.32 Å². The van der Waals surface area contributed by atoms with Gasteiger partial charge < -0.3 is 15.3 Å². The van der Waals surface area contributed by atoms with E-state index in [4.69, 9.17) is 0 Å². The Kier molecular flexibility index (Phi) is 6.44. The van der Waals surface area contributed by atoms with Gasteiger partial charge in [-0.05, 0) is 56.2 Å². The normalized spacial score (nSPS) is 18.1. The molecular weight excluding hydrogens is 368 g/mol. The highest BCUT2D eigenvalue weighted by atomic mass is 16.4. The van der Waals surface area contributed by atoms with Gasteiger partial charge in [-0.3, -0.25) is 14.4 Å². The van der Waals surface area contributed by atoms with E-state index in [0.29, 0.717) is 30.6 Å².